The third kappa shape index (κ3) is 5.95. The lowest BCUT2D eigenvalue weighted by Crippen LogP contribution is -2.15. The van der Waals surface area contributed by atoms with Gasteiger partial charge in [0, 0.05) is 22.4 Å². The minimum atomic E-state index is -3.83. The molecule has 0 atom stereocenters. The zero-order chi connectivity index (χ0) is 27.4. The van der Waals surface area contributed by atoms with E-state index in [2.05, 4.69) is 15.0 Å². The lowest BCUT2D eigenvalue weighted by Gasteiger charge is -2.10. The van der Waals surface area contributed by atoms with Gasteiger partial charge in [-0.3, -0.25) is 19.6 Å². The number of carbonyl (C=O) groups excluding carboxylic acids is 2. The van der Waals surface area contributed by atoms with Gasteiger partial charge in [0.1, 0.15) is 4.88 Å². The molecule has 9 heteroatoms. The number of thiazole rings is 1. The zero-order valence-corrected chi connectivity index (χ0v) is 22.4. The second-order valence-corrected chi connectivity index (χ2v) is 11.4. The summed E-state index contributed by atoms with van der Waals surface area (Å²) in [7, 11) is -3.83. The van der Waals surface area contributed by atoms with Crippen molar-refractivity contribution >= 4 is 43.9 Å². The number of rotatable bonds is 8. The summed E-state index contributed by atoms with van der Waals surface area (Å²) in [6.07, 6.45) is 0. The molecule has 1 aromatic heterocycles. The van der Waals surface area contributed by atoms with Crippen LogP contribution in [0.2, 0.25) is 0 Å². The first-order chi connectivity index (χ1) is 18.8. The average molecular weight is 554 g/mol. The Labute approximate surface area is 230 Å². The highest BCUT2D eigenvalue weighted by Crippen LogP contribution is 2.33. The van der Waals surface area contributed by atoms with Gasteiger partial charge in [-0.25, -0.2) is 13.4 Å². The van der Waals surface area contributed by atoms with Crippen LogP contribution in [0, 0.1) is 6.92 Å². The largest absolute Gasteiger partial charge is 0.298 e. The van der Waals surface area contributed by atoms with Crippen LogP contribution in [-0.2, 0) is 10.0 Å². The van der Waals surface area contributed by atoms with E-state index in [1.54, 1.807) is 54.6 Å². The summed E-state index contributed by atoms with van der Waals surface area (Å²) in [6, 6.07) is 30.8. The van der Waals surface area contributed by atoms with Crippen LogP contribution < -0.4 is 10.0 Å². The Balaban J connectivity index is 1.40. The molecule has 5 rings (SSSR count). The summed E-state index contributed by atoms with van der Waals surface area (Å²) in [4.78, 5) is 31.5. The van der Waals surface area contributed by atoms with Crippen LogP contribution in [0.25, 0.3) is 11.3 Å². The Kier molecular flexibility index (Phi) is 7.36. The Morgan fingerprint density at radius 1 is 0.769 bits per heavy atom. The van der Waals surface area contributed by atoms with Gasteiger partial charge in [-0.05, 0) is 37.3 Å². The Morgan fingerprint density at radius 3 is 2.10 bits per heavy atom. The van der Waals surface area contributed by atoms with Gasteiger partial charge in [0.15, 0.2) is 5.13 Å². The second-order valence-electron chi connectivity index (χ2n) is 8.71. The second kappa shape index (κ2) is 11.0. The molecule has 1 amide bonds. The van der Waals surface area contributed by atoms with Crippen molar-refractivity contribution in [1.82, 2.24) is 4.98 Å². The van der Waals surface area contributed by atoms with E-state index < -0.39 is 15.9 Å². The highest BCUT2D eigenvalue weighted by molar-refractivity contribution is 7.92. The lowest BCUT2D eigenvalue weighted by atomic mass is 10.1. The summed E-state index contributed by atoms with van der Waals surface area (Å²) in [6.45, 7) is 1.87. The maximum absolute atomic E-state index is 13.3. The van der Waals surface area contributed by atoms with Gasteiger partial charge in [-0.2, -0.15) is 0 Å². The minimum Gasteiger partial charge on any atom is -0.298 e. The average Bonchev–Trinajstić information content (AvgIpc) is 3.37. The van der Waals surface area contributed by atoms with E-state index in [0.717, 1.165) is 22.5 Å². The number of sulfonamides is 1. The summed E-state index contributed by atoms with van der Waals surface area (Å²) in [5, 5.41) is 3.02. The quantitative estimate of drug-likeness (QED) is 0.216. The summed E-state index contributed by atoms with van der Waals surface area (Å²) < 4.78 is 28.1. The molecule has 5 aromatic rings. The molecule has 0 aliphatic heterocycles. The number of aryl methyl sites for hydroxylation is 1. The van der Waals surface area contributed by atoms with Crippen LogP contribution in [0.3, 0.4) is 0 Å². The van der Waals surface area contributed by atoms with Crippen molar-refractivity contribution in [1.29, 1.82) is 0 Å². The standard InChI is InChI=1S/C30H23N3O4S2/c1-20-15-17-25(18-16-20)39(36,37)33-24-14-8-13-23(19-24)29(35)32-30-31-26(21-9-4-2-5-10-21)28(38-30)27(34)22-11-6-3-7-12-22/h2-19,33H,1H3,(H,31,32,35). The minimum absolute atomic E-state index is 0.120. The maximum Gasteiger partial charge on any atom is 0.261 e. The van der Waals surface area contributed by atoms with Crippen LogP contribution in [0.15, 0.2) is 114 Å². The molecular formula is C30H23N3O4S2. The van der Waals surface area contributed by atoms with E-state index in [9.17, 15) is 18.0 Å². The fourth-order valence-electron chi connectivity index (χ4n) is 3.86. The number of nitrogens with one attached hydrogen (secondary N) is 2. The first kappa shape index (κ1) is 26.0. The van der Waals surface area contributed by atoms with Gasteiger partial charge in [0.05, 0.1) is 10.6 Å². The molecule has 0 saturated heterocycles. The van der Waals surface area contributed by atoms with E-state index >= 15 is 0 Å². The van der Waals surface area contributed by atoms with E-state index in [1.165, 1.54) is 18.2 Å². The molecule has 2 N–H and O–H groups in total. The van der Waals surface area contributed by atoms with Gasteiger partial charge in [0.2, 0.25) is 5.78 Å². The first-order valence-electron chi connectivity index (χ1n) is 12.0. The van der Waals surface area contributed by atoms with Crippen molar-refractivity contribution in [2.45, 2.75) is 11.8 Å². The van der Waals surface area contributed by atoms with Crippen molar-refractivity contribution in [3.63, 3.8) is 0 Å². The predicted molar refractivity (Wildman–Crippen MR) is 154 cm³/mol. The number of aromatic nitrogens is 1. The van der Waals surface area contributed by atoms with Gasteiger partial charge < -0.3 is 0 Å². The van der Waals surface area contributed by atoms with E-state index in [0.29, 0.717) is 16.1 Å². The van der Waals surface area contributed by atoms with Crippen molar-refractivity contribution in [3.05, 3.63) is 131 Å². The van der Waals surface area contributed by atoms with Crippen LogP contribution in [0.1, 0.15) is 31.2 Å². The number of hydrogen-bond donors (Lipinski definition) is 2. The molecule has 4 aromatic carbocycles. The Bertz CT molecular complexity index is 1750. The van der Waals surface area contributed by atoms with Crippen molar-refractivity contribution < 1.29 is 18.0 Å². The van der Waals surface area contributed by atoms with Crippen LogP contribution >= 0.6 is 11.3 Å². The smallest absolute Gasteiger partial charge is 0.261 e. The monoisotopic (exact) mass is 553 g/mol. The Hall–Kier alpha value is -4.60. The predicted octanol–water partition coefficient (Wildman–Crippen LogP) is 6.40. The van der Waals surface area contributed by atoms with Gasteiger partial charge in [-0.15, -0.1) is 0 Å². The van der Waals surface area contributed by atoms with Gasteiger partial charge >= 0.3 is 0 Å². The third-order valence-corrected chi connectivity index (χ3v) is 8.21. The van der Waals surface area contributed by atoms with Crippen LogP contribution in [0.5, 0.6) is 0 Å². The molecule has 39 heavy (non-hydrogen) atoms. The molecule has 0 spiro atoms. The molecule has 0 saturated carbocycles. The molecule has 1 heterocycles. The fraction of sp³-hybridized carbons (Fsp3) is 0.0333. The molecule has 0 radical (unpaired) electrons. The van der Waals surface area contributed by atoms with E-state index in [4.69, 9.17) is 0 Å². The lowest BCUT2D eigenvalue weighted by molar-refractivity contribution is 0.102. The van der Waals surface area contributed by atoms with Crippen LogP contribution in [0.4, 0.5) is 10.8 Å². The topological polar surface area (TPSA) is 105 Å². The Morgan fingerprint density at radius 2 is 1.41 bits per heavy atom. The number of ketones is 1. The number of benzene rings is 4. The first-order valence-corrected chi connectivity index (χ1v) is 14.3. The summed E-state index contributed by atoms with van der Waals surface area (Å²) >= 11 is 1.09. The molecule has 0 aliphatic carbocycles. The third-order valence-electron chi connectivity index (χ3n) is 5.85. The maximum atomic E-state index is 13.3. The van der Waals surface area contributed by atoms with E-state index in [1.807, 2.05) is 43.3 Å². The van der Waals surface area contributed by atoms with E-state index in [-0.39, 0.29) is 27.1 Å². The zero-order valence-electron chi connectivity index (χ0n) is 20.8. The molecule has 194 valence electrons. The highest BCUT2D eigenvalue weighted by Gasteiger charge is 2.22. The molecule has 7 nitrogen and oxygen atoms in total. The molecule has 0 unspecified atom stereocenters. The molecule has 0 fully saturated rings. The highest BCUT2D eigenvalue weighted by atomic mass is 32.2. The normalized spacial score (nSPS) is 11.1. The summed E-state index contributed by atoms with van der Waals surface area (Å²) in [5.41, 5.74) is 3.16. The molecule has 0 aliphatic rings. The van der Waals surface area contributed by atoms with Crippen molar-refractivity contribution in [2.75, 3.05) is 10.0 Å². The SMILES string of the molecule is Cc1ccc(S(=O)(=O)Nc2cccc(C(=O)Nc3nc(-c4ccccc4)c(C(=O)c4ccccc4)s3)c2)cc1. The summed E-state index contributed by atoms with van der Waals surface area (Å²) in [5.74, 6) is -0.682. The van der Waals surface area contributed by atoms with Crippen molar-refractivity contribution in [2.24, 2.45) is 0 Å². The van der Waals surface area contributed by atoms with Crippen molar-refractivity contribution in [3.8, 4) is 11.3 Å². The fourth-order valence-corrected chi connectivity index (χ4v) is 5.86. The number of nitrogens with zero attached hydrogens (tertiary/aromatic N) is 1. The molecule has 0 bridgehead atoms. The van der Waals surface area contributed by atoms with Gasteiger partial charge in [0.25, 0.3) is 15.9 Å². The van der Waals surface area contributed by atoms with Gasteiger partial charge in [-0.1, -0.05) is 95.8 Å². The number of amides is 1. The van der Waals surface area contributed by atoms with Crippen LogP contribution in [-0.4, -0.2) is 25.1 Å². The number of carbonyl (C=O) groups is 2. The molecular weight excluding hydrogens is 530 g/mol. The number of hydrogen-bond acceptors (Lipinski definition) is 6. The number of anilines is 2.